The highest BCUT2D eigenvalue weighted by Gasteiger charge is 2.64. The second-order valence-corrected chi connectivity index (χ2v) is 21.8. The van der Waals surface area contributed by atoms with Crippen molar-refractivity contribution in [1.29, 1.82) is 0 Å². The molecule has 4 heterocycles. The van der Waals surface area contributed by atoms with E-state index in [9.17, 15) is 0 Å². The van der Waals surface area contributed by atoms with Crippen molar-refractivity contribution in [1.82, 2.24) is 4.83 Å². The second-order valence-electron chi connectivity index (χ2n) is 21.8. The van der Waals surface area contributed by atoms with Gasteiger partial charge in [0.15, 0.2) is 0 Å². The summed E-state index contributed by atoms with van der Waals surface area (Å²) in [6, 6.07) is 24.5. The Balaban J connectivity index is 1.22. The van der Waals surface area contributed by atoms with Crippen LogP contribution in [-0.2, 0) is 10.8 Å². The molecule has 4 bridgehead atoms. The molecule has 0 radical (unpaired) electrons. The molecule has 294 valence electrons. The number of rotatable bonds is 2. The molecule has 0 saturated heterocycles. The summed E-state index contributed by atoms with van der Waals surface area (Å²) in [5.74, 6) is 2.45. The average molecular weight is 763 g/mol. The van der Waals surface area contributed by atoms with Crippen LogP contribution in [0.1, 0.15) is 126 Å². The van der Waals surface area contributed by atoms with Crippen molar-refractivity contribution in [3.63, 3.8) is 0 Å². The predicted octanol–water partition coefficient (Wildman–Crippen LogP) is 11.8. The van der Waals surface area contributed by atoms with E-state index < -0.39 is 0 Å². The molecule has 4 aromatic carbocycles. The average Bonchev–Trinajstić information content (AvgIpc) is 3.71. The molecule has 4 nitrogen and oxygen atoms in total. The Morgan fingerprint density at radius 1 is 0.466 bits per heavy atom. The largest absolute Gasteiger partial charge is 0.315 e. The molecule has 0 amide bonds. The highest BCUT2D eigenvalue weighted by Crippen LogP contribution is 2.61. The maximum Gasteiger partial charge on any atom is 0.302 e. The fourth-order valence-corrected chi connectivity index (χ4v) is 13.7. The second kappa shape index (κ2) is 11.8. The summed E-state index contributed by atoms with van der Waals surface area (Å²) in [4.78, 5) is 8.72. The van der Waals surface area contributed by atoms with Crippen molar-refractivity contribution < 1.29 is 0 Å². The van der Waals surface area contributed by atoms with Gasteiger partial charge in [0.2, 0.25) is 0 Å². The molecular formula is C52H60B2N4. The minimum Gasteiger partial charge on any atom is -0.315 e. The summed E-state index contributed by atoms with van der Waals surface area (Å²) >= 11 is 0. The van der Waals surface area contributed by atoms with Gasteiger partial charge in [0.1, 0.15) is 0 Å². The zero-order chi connectivity index (χ0) is 39.9. The smallest absolute Gasteiger partial charge is 0.302 e. The zero-order valence-corrected chi connectivity index (χ0v) is 36.7. The van der Waals surface area contributed by atoms with Gasteiger partial charge in [-0.25, -0.2) is 0 Å². The first kappa shape index (κ1) is 35.8. The van der Waals surface area contributed by atoms with Crippen molar-refractivity contribution in [3.8, 4) is 0 Å². The Morgan fingerprint density at radius 3 is 1.14 bits per heavy atom. The van der Waals surface area contributed by atoms with E-state index in [1.807, 2.05) is 0 Å². The maximum absolute atomic E-state index is 3.03. The van der Waals surface area contributed by atoms with Crippen LogP contribution in [0.2, 0.25) is 0 Å². The monoisotopic (exact) mass is 763 g/mol. The van der Waals surface area contributed by atoms with Crippen molar-refractivity contribution >= 4 is 58.7 Å². The summed E-state index contributed by atoms with van der Waals surface area (Å²) in [6.07, 6.45) is 10.6. The SMILES string of the molecule is Cc1cccc(C)c1N1C2=C(B3c4c1cc(C(C)(C)C)cc4N1c4cc(C(C)(C)C)cc5c4B(C4=C(C6CCC4CC6)N5c4c(C)cccc4C)N31)C1CCC2CC1. The van der Waals surface area contributed by atoms with Crippen LogP contribution >= 0.6 is 0 Å². The van der Waals surface area contributed by atoms with Crippen molar-refractivity contribution in [2.75, 3.05) is 14.8 Å². The van der Waals surface area contributed by atoms with E-state index in [0.717, 1.165) is 0 Å². The lowest BCUT2D eigenvalue weighted by molar-refractivity contribution is 0.298. The molecule has 0 aromatic heterocycles. The van der Waals surface area contributed by atoms with Crippen molar-refractivity contribution in [3.05, 3.63) is 116 Å². The highest BCUT2D eigenvalue weighted by atomic mass is 15.6. The van der Waals surface area contributed by atoms with Crippen LogP contribution in [0.4, 0.5) is 34.1 Å². The standard InChI is InChI=1S/C52H60B2N4/c1-29-13-11-14-30(2)47(29)55-39-25-37(51(5,6)7)27-41-45(39)53(43-33-17-21-35(22-18-33)49(43)55)58-54-44-34-19-23-36(24-20-34)50(44)56(48-31(3)15-12-16-32(48)4)40-26-38(52(8,9)10)28-42(46(40)54)57(41)58/h11-16,25-28,33-36H,17-24H2,1-10H3. The minimum absolute atomic E-state index is 0.00711. The quantitative estimate of drug-likeness (QED) is 0.189. The molecular weight excluding hydrogens is 702 g/mol. The maximum atomic E-state index is 3.03. The van der Waals surface area contributed by atoms with Crippen LogP contribution in [0, 0.1) is 51.4 Å². The molecule has 0 N–H and O–H groups in total. The molecule has 0 spiro atoms. The first-order valence-electron chi connectivity index (χ1n) is 22.9. The number of para-hydroxylation sites is 2. The predicted molar refractivity (Wildman–Crippen MR) is 246 cm³/mol. The number of anilines is 6. The fourth-order valence-electron chi connectivity index (χ4n) is 13.7. The van der Waals surface area contributed by atoms with Gasteiger partial charge in [0.05, 0.1) is 22.7 Å². The van der Waals surface area contributed by atoms with E-state index in [1.165, 1.54) is 119 Å². The summed E-state index contributed by atoms with van der Waals surface area (Å²) in [6.45, 7) is 24.5. The number of allylic oxidation sites excluding steroid dienone is 4. The molecule has 6 heteroatoms. The first-order chi connectivity index (χ1) is 27.7. The van der Waals surface area contributed by atoms with Gasteiger partial charge in [-0.2, -0.15) is 0 Å². The Hall–Kier alpha value is -4.15. The van der Waals surface area contributed by atoms with Crippen molar-refractivity contribution in [2.24, 2.45) is 23.7 Å². The molecule has 4 aromatic rings. The molecule has 0 atom stereocenters. The van der Waals surface area contributed by atoms with E-state index in [1.54, 1.807) is 33.3 Å². The van der Waals surface area contributed by atoms with Crippen molar-refractivity contribution in [2.45, 2.75) is 131 Å². The molecule has 0 unspecified atom stereocenters. The molecule has 6 aliphatic carbocycles. The number of hydrogen-bond donors (Lipinski definition) is 0. The lowest BCUT2D eigenvalue weighted by atomic mass is 9.32. The van der Waals surface area contributed by atoms with E-state index in [0.29, 0.717) is 23.7 Å². The van der Waals surface area contributed by atoms with Crippen LogP contribution in [0.3, 0.4) is 0 Å². The highest BCUT2D eigenvalue weighted by molar-refractivity contribution is 6.97. The molecule has 2 saturated carbocycles. The van der Waals surface area contributed by atoms with Gasteiger partial charge in [-0.05, 0) is 182 Å². The first-order valence-corrected chi connectivity index (χ1v) is 22.9. The van der Waals surface area contributed by atoms with E-state index in [4.69, 9.17) is 0 Å². The summed E-state index contributed by atoms with van der Waals surface area (Å²) in [5, 5.41) is 2.83. The van der Waals surface area contributed by atoms with Gasteiger partial charge < -0.3 is 9.80 Å². The normalized spacial score (nSPS) is 25.2. The minimum atomic E-state index is -0.00711. The number of hydrogen-bond acceptors (Lipinski definition) is 4. The number of benzene rings is 4. The van der Waals surface area contributed by atoms with Crippen LogP contribution < -0.4 is 25.7 Å². The van der Waals surface area contributed by atoms with Gasteiger partial charge in [0, 0.05) is 22.8 Å². The van der Waals surface area contributed by atoms with E-state index in [-0.39, 0.29) is 24.5 Å². The molecule has 10 aliphatic rings. The summed E-state index contributed by atoms with van der Waals surface area (Å²) in [5.41, 5.74) is 27.0. The molecule has 2 fully saturated rings. The lowest BCUT2D eigenvalue weighted by Gasteiger charge is -2.53. The Labute approximate surface area is 348 Å². The number of aryl methyl sites for hydroxylation is 4. The Morgan fingerprint density at radius 2 is 0.793 bits per heavy atom. The van der Waals surface area contributed by atoms with Crippen LogP contribution in [0.5, 0.6) is 0 Å². The lowest BCUT2D eigenvalue weighted by Crippen LogP contribution is -2.64. The molecule has 58 heavy (non-hydrogen) atoms. The van der Waals surface area contributed by atoms with Crippen LogP contribution in [0.15, 0.2) is 83.0 Å². The fraction of sp³-hybridized carbons (Fsp3) is 0.462. The molecule has 4 aliphatic heterocycles. The number of nitrogens with zero attached hydrogens (tertiary/aromatic N) is 4. The van der Waals surface area contributed by atoms with E-state index in [2.05, 4.69) is 150 Å². The van der Waals surface area contributed by atoms with Gasteiger partial charge in [-0.1, -0.05) is 88.9 Å². The van der Waals surface area contributed by atoms with Crippen LogP contribution in [0.25, 0.3) is 0 Å². The van der Waals surface area contributed by atoms with Gasteiger partial charge in [-0.3, -0.25) is 9.84 Å². The Kier molecular flexibility index (Phi) is 7.26. The van der Waals surface area contributed by atoms with Gasteiger partial charge in [-0.15, -0.1) is 0 Å². The summed E-state index contributed by atoms with van der Waals surface area (Å²) < 4.78 is 0. The Bertz CT molecular complexity index is 2340. The topological polar surface area (TPSA) is 13.0 Å². The van der Waals surface area contributed by atoms with E-state index >= 15 is 0 Å². The third kappa shape index (κ3) is 4.54. The van der Waals surface area contributed by atoms with Gasteiger partial charge in [0.25, 0.3) is 0 Å². The molecule has 14 rings (SSSR count). The third-order valence-corrected chi connectivity index (χ3v) is 16.3. The number of fused-ring (bicyclic) bond motifs is 9. The van der Waals surface area contributed by atoms with Gasteiger partial charge >= 0.3 is 13.7 Å². The zero-order valence-electron chi connectivity index (χ0n) is 36.7. The summed E-state index contributed by atoms with van der Waals surface area (Å²) in [7, 11) is 0. The van der Waals surface area contributed by atoms with Crippen LogP contribution in [-0.4, -0.2) is 18.5 Å². The third-order valence-electron chi connectivity index (χ3n) is 16.3. The number of hydrazine groups is 1.